The van der Waals surface area contributed by atoms with Gasteiger partial charge >= 0.3 is 0 Å². The molecule has 0 heterocycles. The van der Waals surface area contributed by atoms with Crippen LogP contribution in [0, 0.1) is 13.8 Å². The molecule has 0 fully saturated rings. The minimum atomic E-state index is -1.82. The van der Waals surface area contributed by atoms with Gasteiger partial charge in [-0.1, -0.05) is 49.0 Å². The lowest BCUT2D eigenvalue weighted by molar-refractivity contribution is 1.49. The van der Waals surface area contributed by atoms with Gasteiger partial charge in [-0.05, 0) is 61.4 Å². The Morgan fingerprint density at radius 1 is 0.652 bits per heavy atom. The Morgan fingerprint density at radius 3 is 1.57 bits per heavy atom. The molecule has 0 amide bonds. The van der Waals surface area contributed by atoms with E-state index in [1.165, 1.54) is 27.0 Å². The van der Waals surface area contributed by atoms with Crippen molar-refractivity contribution in [3.05, 3.63) is 102 Å². The van der Waals surface area contributed by atoms with Crippen molar-refractivity contribution in [2.45, 2.75) is 13.8 Å². The van der Waals surface area contributed by atoms with Crippen LogP contribution in [0.3, 0.4) is 0 Å². The predicted molar refractivity (Wildman–Crippen MR) is 105 cm³/mol. The quantitative estimate of drug-likeness (QED) is 0.610. The first kappa shape index (κ1) is 15.7. The van der Waals surface area contributed by atoms with Gasteiger partial charge in [0, 0.05) is 0 Å². The average molecular weight is 317 g/mol. The topological polar surface area (TPSA) is 0 Å². The Kier molecular flexibility index (Phi) is 4.46. The van der Waals surface area contributed by atoms with Gasteiger partial charge in [0.25, 0.3) is 0 Å². The summed E-state index contributed by atoms with van der Waals surface area (Å²) in [7, 11) is -1.82. The van der Waals surface area contributed by atoms with Gasteiger partial charge in [0.1, 0.15) is 23.2 Å². The fraction of sp³-hybridized carbons (Fsp3) is 0.0909. The van der Waals surface area contributed by atoms with Gasteiger partial charge in [-0.3, -0.25) is 0 Å². The molecule has 0 unspecified atom stereocenters. The molecule has 0 atom stereocenters. The smallest absolute Gasteiger partial charge is 0.0627 e. The van der Waals surface area contributed by atoms with Crippen molar-refractivity contribution < 1.29 is 0 Å². The van der Waals surface area contributed by atoms with Crippen LogP contribution in [0.5, 0.6) is 0 Å². The summed E-state index contributed by atoms with van der Waals surface area (Å²) in [5.41, 5.74) is 2.58. The van der Waals surface area contributed by atoms with Crippen LogP contribution >= 0.6 is 7.26 Å². The second kappa shape index (κ2) is 6.52. The van der Waals surface area contributed by atoms with Crippen molar-refractivity contribution in [2.24, 2.45) is 0 Å². The third kappa shape index (κ3) is 2.87. The Labute approximate surface area is 139 Å². The van der Waals surface area contributed by atoms with Crippen LogP contribution in [0.25, 0.3) is 0 Å². The summed E-state index contributed by atoms with van der Waals surface area (Å²) < 4.78 is 0. The molecule has 114 valence electrons. The lowest BCUT2D eigenvalue weighted by atomic mass is 10.2. The lowest BCUT2D eigenvalue weighted by Crippen LogP contribution is -2.29. The maximum Gasteiger partial charge on any atom is 0.136 e. The molecule has 3 rings (SSSR count). The maximum absolute atomic E-state index is 4.27. The van der Waals surface area contributed by atoms with Crippen LogP contribution in [0.2, 0.25) is 0 Å². The Bertz CT molecular complexity index is 773. The summed E-state index contributed by atoms with van der Waals surface area (Å²) in [6.45, 7) is 8.58. The van der Waals surface area contributed by atoms with E-state index in [0.717, 1.165) is 0 Å². The third-order valence-electron chi connectivity index (χ3n) is 4.26. The molecule has 0 radical (unpaired) electrons. The van der Waals surface area contributed by atoms with E-state index in [2.05, 4.69) is 105 Å². The van der Waals surface area contributed by atoms with Gasteiger partial charge < -0.3 is 0 Å². The van der Waals surface area contributed by atoms with E-state index in [4.69, 9.17) is 0 Å². The highest BCUT2D eigenvalue weighted by Crippen LogP contribution is 2.56. The molecule has 0 aliphatic heterocycles. The summed E-state index contributed by atoms with van der Waals surface area (Å²) in [5, 5.41) is 4.08. The zero-order chi connectivity index (χ0) is 16.3. The summed E-state index contributed by atoms with van der Waals surface area (Å²) in [6, 6.07) is 28.5. The van der Waals surface area contributed by atoms with Gasteiger partial charge in [-0.2, -0.15) is 0 Å². The minimum absolute atomic E-state index is 1.29. The first-order valence-corrected chi connectivity index (χ1v) is 9.75. The van der Waals surface area contributed by atoms with Crippen molar-refractivity contribution in [1.82, 2.24) is 0 Å². The molecule has 0 saturated carbocycles. The molecule has 0 spiro atoms. The van der Waals surface area contributed by atoms with Crippen molar-refractivity contribution in [3.8, 4) is 0 Å². The van der Waals surface area contributed by atoms with Crippen molar-refractivity contribution >= 4 is 23.2 Å². The van der Waals surface area contributed by atoms with Gasteiger partial charge in [-0.25, -0.2) is 0 Å². The first-order chi connectivity index (χ1) is 11.2. The molecule has 1 heteroatoms. The molecule has 0 aliphatic rings. The van der Waals surface area contributed by atoms with Crippen LogP contribution in [0.15, 0.2) is 91.3 Å². The SMILES string of the molecule is C=C[P+](c1ccccc1)(c1cccc(C)c1)c1cccc(C)c1. The second-order valence-corrected chi connectivity index (χ2v) is 9.28. The fourth-order valence-electron chi connectivity index (χ4n) is 3.12. The molecule has 0 aliphatic carbocycles. The van der Waals surface area contributed by atoms with E-state index < -0.39 is 7.26 Å². The number of hydrogen-bond donors (Lipinski definition) is 0. The summed E-state index contributed by atoms with van der Waals surface area (Å²) >= 11 is 0. The molecule has 0 bridgehead atoms. The first-order valence-electron chi connectivity index (χ1n) is 7.89. The molecule has 0 saturated heterocycles. The predicted octanol–water partition coefficient (Wildman–Crippen LogP) is 4.74. The fourth-order valence-corrected chi connectivity index (χ4v) is 6.75. The minimum Gasteiger partial charge on any atom is -0.0627 e. The number of aryl methyl sites for hydroxylation is 2. The monoisotopic (exact) mass is 317 g/mol. The molecule has 3 aromatic rings. The van der Waals surface area contributed by atoms with E-state index >= 15 is 0 Å². The summed E-state index contributed by atoms with van der Waals surface area (Å²) in [5.74, 6) is 2.19. The molecular weight excluding hydrogens is 295 g/mol. The Hall–Kier alpha value is -2.17. The normalized spacial score (nSPS) is 11.2. The summed E-state index contributed by atoms with van der Waals surface area (Å²) in [4.78, 5) is 0. The summed E-state index contributed by atoms with van der Waals surface area (Å²) in [6.07, 6.45) is 0. The van der Waals surface area contributed by atoms with Crippen LogP contribution in [0.1, 0.15) is 11.1 Å². The van der Waals surface area contributed by atoms with Gasteiger partial charge in [-0.15, -0.1) is 0 Å². The highest BCUT2D eigenvalue weighted by molar-refractivity contribution is 7.98. The largest absolute Gasteiger partial charge is 0.136 e. The van der Waals surface area contributed by atoms with Crippen LogP contribution in [-0.2, 0) is 0 Å². The van der Waals surface area contributed by atoms with E-state index in [1.54, 1.807) is 0 Å². The van der Waals surface area contributed by atoms with Crippen molar-refractivity contribution in [2.75, 3.05) is 0 Å². The molecular formula is C22H22P+. The van der Waals surface area contributed by atoms with Crippen molar-refractivity contribution in [1.29, 1.82) is 0 Å². The maximum atomic E-state index is 4.27. The average Bonchev–Trinajstić information content (AvgIpc) is 2.57. The Balaban J connectivity index is 2.35. The van der Waals surface area contributed by atoms with Crippen LogP contribution < -0.4 is 15.9 Å². The molecule has 0 nitrogen and oxygen atoms in total. The molecule has 0 aromatic heterocycles. The zero-order valence-electron chi connectivity index (χ0n) is 13.7. The van der Waals surface area contributed by atoms with Crippen LogP contribution in [-0.4, -0.2) is 0 Å². The van der Waals surface area contributed by atoms with Gasteiger partial charge in [0.15, 0.2) is 0 Å². The van der Waals surface area contributed by atoms with Gasteiger partial charge in [0.2, 0.25) is 0 Å². The second-order valence-electron chi connectivity index (χ2n) is 5.92. The number of hydrogen-bond acceptors (Lipinski definition) is 0. The number of rotatable bonds is 4. The van der Waals surface area contributed by atoms with Gasteiger partial charge in [0.05, 0.1) is 5.82 Å². The van der Waals surface area contributed by atoms with Crippen LogP contribution in [0.4, 0.5) is 0 Å². The molecule has 3 aromatic carbocycles. The standard InChI is InChI=1S/C22H22P/c1-4-23(20-12-6-5-7-13-20,21-14-8-10-18(2)16-21)22-15-9-11-19(3)17-22/h4-17H,1H2,2-3H3/q+1. The Morgan fingerprint density at radius 2 is 1.13 bits per heavy atom. The van der Waals surface area contributed by atoms with E-state index in [9.17, 15) is 0 Å². The molecule has 23 heavy (non-hydrogen) atoms. The third-order valence-corrected chi connectivity index (χ3v) is 8.10. The van der Waals surface area contributed by atoms with E-state index in [-0.39, 0.29) is 0 Å². The van der Waals surface area contributed by atoms with E-state index in [1.807, 2.05) is 0 Å². The van der Waals surface area contributed by atoms with Crippen molar-refractivity contribution in [3.63, 3.8) is 0 Å². The highest BCUT2D eigenvalue weighted by atomic mass is 31.2. The lowest BCUT2D eigenvalue weighted by Gasteiger charge is -2.24. The zero-order valence-corrected chi connectivity index (χ0v) is 14.6. The molecule has 0 N–H and O–H groups in total. The van der Waals surface area contributed by atoms with E-state index in [0.29, 0.717) is 0 Å². The number of benzene rings is 3. The highest BCUT2D eigenvalue weighted by Gasteiger charge is 2.42.